The molecule has 3 aromatic carbocycles. The van der Waals surface area contributed by atoms with Gasteiger partial charge in [-0.1, -0.05) is 36.4 Å². The molecule has 0 aliphatic carbocycles. The van der Waals surface area contributed by atoms with E-state index in [0.717, 1.165) is 10.6 Å². The van der Waals surface area contributed by atoms with Gasteiger partial charge in [-0.25, -0.2) is 8.42 Å². The van der Waals surface area contributed by atoms with E-state index in [0.29, 0.717) is 22.9 Å². The number of sulfonamides is 1. The fraction of sp³-hybridized carbons (Fsp3) is 0.174. The summed E-state index contributed by atoms with van der Waals surface area (Å²) in [7, 11) is -2.07. The van der Waals surface area contributed by atoms with Gasteiger partial charge in [-0.15, -0.1) is 0 Å². The van der Waals surface area contributed by atoms with Gasteiger partial charge in [0.1, 0.15) is 17.5 Å². The summed E-state index contributed by atoms with van der Waals surface area (Å²) < 4.78 is 32.0. The Balaban J connectivity index is 1.84. The van der Waals surface area contributed by atoms with E-state index in [1.54, 1.807) is 50.4 Å². The van der Waals surface area contributed by atoms with E-state index in [1.807, 2.05) is 48.5 Å². The van der Waals surface area contributed by atoms with Crippen molar-refractivity contribution in [3.05, 3.63) is 84.9 Å². The number of amides is 1. The Kier molecular flexibility index (Phi) is 6.42. The van der Waals surface area contributed by atoms with Crippen molar-refractivity contribution in [3.8, 4) is 11.5 Å². The molecule has 0 saturated carbocycles. The van der Waals surface area contributed by atoms with Gasteiger partial charge in [0.2, 0.25) is 15.9 Å². The summed E-state index contributed by atoms with van der Waals surface area (Å²) in [6.45, 7) is 1.58. The average molecular weight is 425 g/mol. The number of hydrogen-bond acceptors (Lipinski definition) is 4. The molecular weight excluding hydrogens is 400 g/mol. The minimum Gasteiger partial charge on any atom is -0.457 e. The molecule has 3 rings (SSSR count). The summed E-state index contributed by atoms with van der Waals surface area (Å²) in [6.07, 6.45) is 1.09. The molecule has 1 atom stereocenters. The third-order valence-electron chi connectivity index (χ3n) is 4.61. The van der Waals surface area contributed by atoms with Gasteiger partial charge in [0.15, 0.2) is 0 Å². The molecule has 0 aromatic heterocycles. The van der Waals surface area contributed by atoms with E-state index in [2.05, 4.69) is 0 Å². The molecular formula is C23H24N2O4S. The molecule has 7 heteroatoms. The first-order valence-corrected chi connectivity index (χ1v) is 11.3. The van der Waals surface area contributed by atoms with Crippen molar-refractivity contribution >= 4 is 27.3 Å². The number of carbonyl (C=O) groups excluding carboxylic acids is 1. The molecule has 0 radical (unpaired) electrons. The van der Waals surface area contributed by atoms with Gasteiger partial charge in [0.25, 0.3) is 0 Å². The van der Waals surface area contributed by atoms with Gasteiger partial charge in [0, 0.05) is 12.7 Å². The van der Waals surface area contributed by atoms with Crippen LogP contribution in [0.1, 0.15) is 6.92 Å². The molecule has 0 aliphatic heterocycles. The maximum absolute atomic E-state index is 13.0. The van der Waals surface area contributed by atoms with Crippen molar-refractivity contribution in [1.82, 2.24) is 0 Å². The zero-order chi connectivity index (χ0) is 21.7. The summed E-state index contributed by atoms with van der Waals surface area (Å²) in [5.74, 6) is 0.910. The van der Waals surface area contributed by atoms with Crippen LogP contribution in [0.25, 0.3) is 0 Å². The average Bonchev–Trinajstić information content (AvgIpc) is 2.74. The first kappa shape index (κ1) is 21.4. The zero-order valence-electron chi connectivity index (χ0n) is 17.1. The number of anilines is 2. The summed E-state index contributed by atoms with van der Waals surface area (Å²) in [5.41, 5.74) is 1.08. The Morgan fingerprint density at radius 3 is 1.83 bits per heavy atom. The quantitative estimate of drug-likeness (QED) is 0.567. The number of ether oxygens (including phenoxy) is 1. The Morgan fingerprint density at radius 1 is 0.800 bits per heavy atom. The van der Waals surface area contributed by atoms with E-state index in [-0.39, 0.29) is 5.91 Å². The van der Waals surface area contributed by atoms with Crippen LogP contribution in [0, 0.1) is 0 Å². The number of nitrogens with zero attached hydrogens (tertiary/aromatic N) is 2. The highest BCUT2D eigenvalue weighted by atomic mass is 32.2. The Bertz CT molecular complexity index is 1090. The molecule has 1 amide bonds. The Labute approximate surface area is 177 Å². The van der Waals surface area contributed by atoms with Crippen molar-refractivity contribution in [2.24, 2.45) is 0 Å². The fourth-order valence-corrected chi connectivity index (χ4v) is 4.32. The molecule has 0 unspecified atom stereocenters. The minimum atomic E-state index is -3.70. The summed E-state index contributed by atoms with van der Waals surface area (Å²) >= 11 is 0. The van der Waals surface area contributed by atoms with Crippen molar-refractivity contribution in [1.29, 1.82) is 0 Å². The first-order valence-electron chi connectivity index (χ1n) is 9.42. The second-order valence-corrected chi connectivity index (χ2v) is 8.74. The van der Waals surface area contributed by atoms with Crippen LogP contribution in [0.3, 0.4) is 0 Å². The molecule has 156 valence electrons. The maximum atomic E-state index is 13.0. The number of para-hydroxylation sites is 2. The van der Waals surface area contributed by atoms with E-state index in [1.165, 1.54) is 4.90 Å². The summed E-state index contributed by atoms with van der Waals surface area (Å²) in [5, 5.41) is 0. The number of hydrogen-bond donors (Lipinski definition) is 0. The van der Waals surface area contributed by atoms with E-state index < -0.39 is 16.1 Å². The highest BCUT2D eigenvalue weighted by Gasteiger charge is 2.31. The topological polar surface area (TPSA) is 66.9 Å². The molecule has 0 fully saturated rings. The lowest BCUT2D eigenvalue weighted by Gasteiger charge is -2.31. The second-order valence-electron chi connectivity index (χ2n) is 6.88. The predicted molar refractivity (Wildman–Crippen MR) is 120 cm³/mol. The standard InChI is InChI=1S/C23H24N2O4S/c1-18(23(26)24(2)19-10-6-4-7-11-19)25(30(3,27)28)20-14-16-22(17-15-20)29-21-12-8-5-9-13-21/h4-18H,1-3H3/t18-/m0/s1. The maximum Gasteiger partial charge on any atom is 0.250 e. The van der Waals surface area contributed by atoms with E-state index in [9.17, 15) is 13.2 Å². The molecule has 0 N–H and O–H groups in total. The van der Waals surface area contributed by atoms with Gasteiger partial charge in [-0.05, 0) is 55.5 Å². The normalized spacial score (nSPS) is 12.1. The van der Waals surface area contributed by atoms with Crippen LogP contribution in [0.5, 0.6) is 11.5 Å². The van der Waals surface area contributed by atoms with Crippen LogP contribution < -0.4 is 13.9 Å². The van der Waals surface area contributed by atoms with Crippen molar-refractivity contribution in [3.63, 3.8) is 0 Å². The van der Waals surface area contributed by atoms with Crippen molar-refractivity contribution in [2.45, 2.75) is 13.0 Å². The van der Waals surface area contributed by atoms with E-state index in [4.69, 9.17) is 4.74 Å². The molecule has 6 nitrogen and oxygen atoms in total. The van der Waals surface area contributed by atoms with Crippen LogP contribution in [0.4, 0.5) is 11.4 Å². The predicted octanol–water partition coefficient (Wildman–Crippen LogP) is 4.30. The summed E-state index contributed by atoms with van der Waals surface area (Å²) in [6, 6.07) is 24.1. The Morgan fingerprint density at radius 2 is 1.30 bits per heavy atom. The first-order chi connectivity index (χ1) is 14.3. The third kappa shape index (κ3) is 4.99. The zero-order valence-corrected chi connectivity index (χ0v) is 17.9. The van der Waals surface area contributed by atoms with Crippen LogP contribution in [-0.2, 0) is 14.8 Å². The number of rotatable bonds is 7. The SMILES string of the molecule is C[C@@H](C(=O)N(C)c1ccccc1)N(c1ccc(Oc2ccccc2)cc1)S(C)(=O)=O. The highest BCUT2D eigenvalue weighted by molar-refractivity contribution is 7.92. The van der Waals surface area contributed by atoms with Crippen molar-refractivity contribution in [2.75, 3.05) is 22.5 Å². The van der Waals surface area contributed by atoms with E-state index >= 15 is 0 Å². The minimum absolute atomic E-state index is 0.337. The monoisotopic (exact) mass is 424 g/mol. The van der Waals surface area contributed by atoms with Crippen LogP contribution in [-0.4, -0.2) is 33.7 Å². The molecule has 0 saturated heterocycles. The smallest absolute Gasteiger partial charge is 0.250 e. The summed E-state index contributed by atoms with van der Waals surface area (Å²) in [4.78, 5) is 14.5. The molecule has 0 heterocycles. The largest absolute Gasteiger partial charge is 0.457 e. The van der Waals surface area contributed by atoms with Gasteiger partial charge >= 0.3 is 0 Å². The Hall–Kier alpha value is -3.32. The molecule has 0 bridgehead atoms. The van der Waals surface area contributed by atoms with Crippen LogP contribution in [0.15, 0.2) is 84.9 Å². The molecule has 30 heavy (non-hydrogen) atoms. The lowest BCUT2D eigenvalue weighted by atomic mass is 10.2. The molecule has 0 aliphatic rings. The van der Waals surface area contributed by atoms with Gasteiger partial charge in [-0.3, -0.25) is 9.10 Å². The molecule has 0 spiro atoms. The fourth-order valence-electron chi connectivity index (χ4n) is 3.15. The van der Waals surface area contributed by atoms with Gasteiger partial charge in [0.05, 0.1) is 11.9 Å². The lowest BCUT2D eigenvalue weighted by molar-refractivity contribution is -0.119. The lowest BCUT2D eigenvalue weighted by Crippen LogP contribution is -2.48. The highest BCUT2D eigenvalue weighted by Crippen LogP contribution is 2.27. The number of likely N-dealkylation sites (N-methyl/N-ethyl adjacent to an activating group) is 1. The van der Waals surface area contributed by atoms with Gasteiger partial charge in [-0.2, -0.15) is 0 Å². The third-order valence-corrected chi connectivity index (χ3v) is 5.85. The number of benzene rings is 3. The van der Waals surface area contributed by atoms with Crippen LogP contribution >= 0.6 is 0 Å². The van der Waals surface area contributed by atoms with Gasteiger partial charge < -0.3 is 9.64 Å². The van der Waals surface area contributed by atoms with Crippen molar-refractivity contribution < 1.29 is 17.9 Å². The van der Waals surface area contributed by atoms with Crippen LogP contribution in [0.2, 0.25) is 0 Å². The number of carbonyl (C=O) groups is 1. The molecule has 3 aromatic rings. The second kappa shape index (κ2) is 9.00.